The van der Waals surface area contributed by atoms with Gasteiger partial charge in [-0.15, -0.1) is 12.4 Å². The SMILES string of the molecule is Cl.O=C1C(c2ccccc2)=COC12CCN(CCc1ccccc1)CC2. The van der Waals surface area contributed by atoms with Crippen LogP contribution in [0.5, 0.6) is 0 Å². The predicted octanol–water partition coefficient (Wildman–Crippen LogP) is 4.13. The van der Waals surface area contributed by atoms with Gasteiger partial charge in [0.2, 0.25) is 5.78 Å². The number of halogens is 1. The highest BCUT2D eigenvalue weighted by Gasteiger charge is 2.47. The molecule has 2 aliphatic heterocycles. The van der Waals surface area contributed by atoms with Gasteiger partial charge in [-0.3, -0.25) is 4.79 Å². The highest BCUT2D eigenvalue weighted by molar-refractivity contribution is 6.26. The van der Waals surface area contributed by atoms with Crippen molar-refractivity contribution >= 4 is 23.8 Å². The van der Waals surface area contributed by atoms with Crippen LogP contribution in [0.1, 0.15) is 24.0 Å². The van der Waals surface area contributed by atoms with Crippen LogP contribution in [-0.4, -0.2) is 35.9 Å². The van der Waals surface area contributed by atoms with E-state index in [1.807, 2.05) is 30.3 Å². The fraction of sp³-hybridized carbons (Fsp3) is 0.318. The summed E-state index contributed by atoms with van der Waals surface area (Å²) < 4.78 is 5.93. The molecule has 1 saturated heterocycles. The van der Waals surface area contributed by atoms with E-state index < -0.39 is 5.60 Å². The molecule has 0 unspecified atom stereocenters. The zero-order valence-electron chi connectivity index (χ0n) is 14.8. The first-order valence-electron chi connectivity index (χ1n) is 9.01. The van der Waals surface area contributed by atoms with E-state index in [1.54, 1.807) is 6.26 Å². The predicted molar refractivity (Wildman–Crippen MR) is 106 cm³/mol. The van der Waals surface area contributed by atoms with Crippen LogP contribution in [0.3, 0.4) is 0 Å². The lowest BCUT2D eigenvalue weighted by Gasteiger charge is -2.37. The summed E-state index contributed by atoms with van der Waals surface area (Å²) >= 11 is 0. The van der Waals surface area contributed by atoms with Crippen LogP contribution in [-0.2, 0) is 16.0 Å². The van der Waals surface area contributed by atoms with Gasteiger partial charge in [0.15, 0.2) is 5.60 Å². The number of ether oxygens (including phenoxy) is 1. The Bertz CT molecular complexity index is 765. The third kappa shape index (κ3) is 3.69. The normalized spacial score (nSPS) is 18.9. The lowest BCUT2D eigenvalue weighted by molar-refractivity contribution is -0.133. The van der Waals surface area contributed by atoms with Crippen molar-refractivity contribution in [1.82, 2.24) is 4.90 Å². The minimum Gasteiger partial charge on any atom is -0.486 e. The highest BCUT2D eigenvalue weighted by Crippen LogP contribution is 2.38. The quantitative estimate of drug-likeness (QED) is 0.811. The Morgan fingerprint density at radius 3 is 2.19 bits per heavy atom. The number of carbonyl (C=O) groups is 1. The van der Waals surface area contributed by atoms with E-state index in [0.29, 0.717) is 0 Å². The molecular weight excluding hydrogens is 346 g/mol. The van der Waals surface area contributed by atoms with Crippen molar-refractivity contribution in [1.29, 1.82) is 0 Å². The van der Waals surface area contributed by atoms with Crippen LogP contribution in [0.15, 0.2) is 66.9 Å². The van der Waals surface area contributed by atoms with Gasteiger partial charge >= 0.3 is 0 Å². The van der Waals surface area contributed by atoms with Crippen LogP contribution < -0.4 is 0 Å². The molecule has 0 saturated carbocycles. The molecule has 2 aliphatic rings. The smallest absolute Gasteiger partial charge is 0.210 e. The second-order valence-corrected chi connectivity index (χ2v) is 6.92. The van der Waals surface area contributed by atoms with E-state index >= 15 is 0 Å². The summed E-state index contributed by atoms with van der Waals surface area (Å²) in [6, 6.07) is 20.4. The lowest BCUT2D eigenvalue weighted by atomic mass is 9.84. The van der Waals surface area contributed by atoms with Crippen molar-refractivity contribution < 1.29 is 9.53 Å². The molecule has 4 heteroatoms. The Morgan fingerprint density at radius 1 is 0.923 bits per heavy atom. The topological polar surface area (TPSA) is 29.5 Å². The number of ketones is 1. The lowest BCUT2D eigenvalue weighted by Crippen LogP contribution is -2.49. The fourth-order valence-electron chi connectivity index (χ4n) is 3.76. The maximum atomic E-state index is 13.0. The molecule has 0 radical (unpaired) electrons. The van der Waals surface area contributed by atoms with Crippen molar-refractivity contribution in [2.75, 3.05) is 19.6 Å². The van der Waals surface area contributed by atoms with Gasteiger partial charge in [0.25, 0.3) is 0 Å². The van der Waals surface area contributed by atoms with E-state index in [4.69, 9.17) is 4.74 Å². The summed E-state index contributed by atoms with van der Waals surface area (Å²) in [6.07, 6.45) is 4.27. The molecule has 1 spiro atoms. The molecule has 3 nitrogen and oxygen atoms in total. The molecule has 1 fully saturated rings. The number of Topliss-reactive ketones (excluding diaryl/α,β-unsaturated/α-hetero) is 1. The van der Waals surface area contributed by atoms with Gasteiger partial charge in [-0.2, -0.15) is 0 Å². The fourth-order valence-corrected chi connectivity index (χ4v) is 3.76. The third-order valence-electron chi connectivity index (χ3n) is 5.37. The van der Waals surface area contributed by atoms with E-state index in [0.717, 1.165) is 50.0 Å². The number of hydrogen-bond acceptors (Lipinski definition) is 3. The summed E-state index contributed by atoms with van der Waals surface area (Å²) in [6.45, 7) is 2.86. The van der Waals surface area contributed by atoms with Crippen LogP contribution in [0.25, 0.3) is 5.57 Å². The minimum atomic E-state index is -0.631. The number of hydrogen-bond donors (Lipinski definition) is 0. The molecule has 2 aromatic carbocycles. The maximum Gasteiger partial charge on any atom is 0.210 e. The Labute approximate surface area is 161 Å². The first-order valence-corrected chi connectivity index (χ1v) is 9.01. The third-order valence-corrected chi connectivity index (χ3v) is 5.37. The number of likely N-dealkylation sites (tertiary alicyclic amines) is 1. The van der Waals surface area contributed by atoms with Crippen molar-refractivity contribution in [3.05, 3.63) is 78.1 Å². The summed E-state index contributed by atoms with van der Waals surface area (Å²) in [5.74, 6) is 0.154. The molecule has 0 aliphatic carbocycles. The van der Waals surface area contributed by atoms with E-state index in [1.165, 1.54) is 5.56 Å². The molecular formula is C22H24ClNO2. The van der Waals surface area contributed by atoms with Crippen molar-refractivity contribution in [2.24, 2.45) is 0 Å². The number of carbonyl (C=O) groups excluding carboxylic acids is 1. The molecule has 2 heterocycles. The molecule has 0 amide bonds. The molecule has 26 heavy (non-hydrogen) atoms. The Morgan fingerprint density at radius 2 is 1.54 bits per heavy atom. The van der Waals surface area contributed by atoms with Crippen molar-refractivity contribution in [2.45, 2.75) is 24.9 Å². The summed E-state index contributed by atoms with van der Waals surface area (Å²) in [7, 11) is 0. The number of nitrogens with zero attached hydrogens (tertiary/aromatic N) is 1. The second-order valence-electron chi connectivity index (χ2n) is 6.92. The Balaban J connectivity index is 0.00000196. The van der Waals surface area contributed by atoms with Crippen LogP contribution in [0, 0.1) is 0 Å². The highest BCUT2D eigenvalue weighted by atomic mass is 35.5. The van der Waals surface area contributed by atoms with Gasteiger partial charge in [-0.1, -0.05) is 60.7 Å². The minimum absolute atomic E-state index is 0. The van der Waals surface area contributed by atoms with Gasteiger partial charge in [-0.25, -0.2) is 0 Å². The Kier molecular flexibility index (Phi) is 5.80. The van der Waals surface area contributed by atoms with Gasteiger partial charge in [0, 0.05) is 32.5 Å². The van der Waals surface area contributed by atoms with Gasteiger partial charge in [-0.05, 0) is 17.5 Å². The van der Waals surface area contributed by atoms with E-state index in [-0.39, 0.29) is 18.2 Å². The van der Waals surface area contributed by atoms with Crippen molar-refractivity contribution in [3.63, 3.8) is 0 Å². The van der Waals surface area contributed by atoms with Crippen LogP contribution >= 0.6 is 12.4 Å². The van der Waals surface area contributed by atoms with E-state index in [2.05, 4.69) is 35.2 Å². The average molecular weight is 370 g/mol. The molecule has 0 atom stereocenters. The monoisotopic (exact) mass is 369 g/mol. The largest absolute Gasteiger partial charge is 0.486 e. The standard InChI is InChI=1S/C22H23NO2.ClH/c24-21-20(19-9-5-2-6-10-19)17-25-22(21)12-15-23(16-13-22)14-11-18-7-3-1-4-8-18;/h1-10,17H,11-16H2;1H. The van der Waals surface area contributed by atoms with Crippen LogP contribution in [0.2, 0.25) is 0 Å². The Hall–Kier alpha value is -2.10. The molecule has 0 aromatic heterocycles. The number of benzene rings is 2. The first-order chi connectivity index (χ1) is 12.3. The molecule has 0 bridgehead atoms. The van der Waals surface area contributed by atoms with Crippen molar-refractivity contribution in [3.8, 4) is 0 Å². The summed E-state index contributed by atoms with van der Waals surface area (Å²) in [4.78, 5) is 15.4. The summed E-state index contributed by atoms with van der Waals surface area (Å²) in [5.41, 5.74) is 2.41. The number of piperidine rings is 1. The molecule has 0 N–H and O–H groups in total. The zero-order valence-corrected chi connectivity index (χ0v) is 15.6. The molecule has 4 rings (SSSR count). The van der Waals surface area contributed by atoms with Crippen LogP contribution in [0.4, 0.5) is 0 Å². The zero-order chi connectivity index (χ0) is 17.1. The molecule has 136 valence electrons. The maximum absolute atomic E-state index is 13.0. The van der Waals surface area contributed by atoms with Gasteiger partial charge in [0.1, 0.15) is 0 Å². The van der Waals surface area contributed by atoms with Gasteiger partial charge < -0.3 is 9.64 Å². The van der Waals surface area contributed by atoms with E-state index in [9.17, 15) is 4.79 Å². The van der Waals surface area contributed by atoms with Gasteiger partial charge in [0.05, 0.1) is 11.8 Å². The summed E-state index contributed by atoms with van der Waals surface area (Å²) in [5, 5.41) is 0. The molecule has 2 aromatic rings. The number of rotatable bonds is 4. The first kappa shape index (κ1) is 18.7. The average Bonchev–Trinajstić information content (AvgIpc) is 2.99. The second kappa shape index (κ2) is 8.07.